The quantitative estimate of drug-likeness (QED) is 0.112. The minimum Gasteiger partial charge on any atom is -0.506 e. The SMILES string of the molecule is CCOC(=O)[C@H](C)C[P@](=O)(CO[C@@H]1C=C(F)C(n2cnc3c(C)ncnc32)O1)Oc1ccccc1.O=C(O)c1ccc2ccccc2c1O. The summed E-state index contributed by atoms with van der Waals surface area (Å²) in [7, 11) is -3.57. The van der Waals surface area contributed by atoms with E-state index in [1.165, 1.54) is 23.3 Å². The number of ether oxygens (including phenoxy) is 3. The Labute approximate surface area is 280 Å². The number of esters is 1. The van der Waals surface area contributed by atoms with Crippen molar-refractivity contribution in [1.29, 1.82) is 0 Å². The van der Waals surface area contributed by atoms with Crippen molar-refractivity contribution in [1.82, 2.24) is 19.5 Å². The standard InChI is InChI=1S/C23H26FN4O6P.C11H8O3/c1-4-31-23(29)15(2)11-35(30,34-17-8-6-5-7-9-17)14-32-19-10-18(24)22(33-19)28-13-27-20-16(3)25-12-26-21(20)28;12-10-8-4-2-1-3-7(8)5-6-9(10)11(13)14/h5-10,12-13,15,19,22H,4,11,14H2,1-3H3;1-6,12H,(H,13,14)/t15-,19+,22?,35-;/m1./s1. The Balaban J connectivity index is 0.000000278. The summed E-state index contributed by atoms with van der Waals surface area (Å²) in [5.74, 6) is -2.72. The minimum absolute atomic E-state index is 0.0660. The second-order valence-corrected chi connectivity index (χ2v) is 13.5. The molecule has 3 heterocycles. The van der Waals surface area contributed by atoms with Crippen LogP contribution in [0.1, 0.15) is 36.1 Å². The van der Waals surface area contributed by atoms with Gasteiger partial charge in [-0.15, -0.1) is 0 Å². The number of para-hydroxylation sites is 1. The average molecular weight is 693 g/mol. The highest BCUT2D eigenvalue weighted by atomic mass is 31.2. The van der Waals surface area contributed by atoms with Crippen molar-refractivity contribution in [2.24, 2.45) is 5.92 Å². The predicted octanol–water partition coefficient (Wildman–Crippen LogP) is 6.62. The highest BCUT2D eigenvalue weighted by Crippen LogP contribution is 2.49. The number of aromatic hydroxyl groups is 1. The van der Waals surface area contributed by atoms with E-state index in [0.717, 1.165) is 11.5 Å². The molecule has 3 aromatic carbocycles. The van der Waals surface area contributed by atoms with E-state index >= 15 is 0 Å². The number of imidazole rings is 1. The molecule has 0 radical (unpaired) electrons. The van der Waals surface area contributed by atoms with Crippen molar-refractivity contribution >= 4 is 41.2 Å². The first-order chi connectivity index (χ1) is 23.5. The molecular formula is C34H34FN4O9P. The van der Waals surface area contributed by atoms with Gasteiger partial charge >= 0.3 is 11.9 Å². The Kier molecular flexibility index (Phi) is 11.0. The maximum atomic E-state index is 14.8. The van der Waals surface area contributed by atoms with Crippen LogP contribution in [-0.2, 0) is 23.6 Å². The zero-order valence-electron chi connectivity index (χ0n) is 26.8. The number of carboxylic acids is 1. The van der Waals surface area contributed by atoms with Crippen molar-refractivity contribution in [2.75, 3.05) is 19.1 Å². The highest BCUT2D eigenvalue weighted by molar-refractivity contribution is 7.59. The molecular weight excluding hydrogens is 658 g/mol. The monoisotopic (exact) mass is 692 g/mol. The van der Waals surface area contributed by atoms with Crippen LogP contribution in [0.15, 0.2) is 91.3 Å². The zero-order chi connectivity index (χ0) is 35.1. The van der Waals surface area contributed by atoms with Crippen LogP contribution in [0, 0.1) is 12.8 Å². The number of aromatic carboxylic acids is 1. The molecule has 4 atom stereocenters. The molecule has 5 aromatic rings. The predicted molar refractivity (Wildman–Crippen MR) is 177 cm³/mol. The fraction of sp³-hybridized carbons (Fsp3) is 0.265. The number of benzene rings is 3. The lowest BCUT2D eigenvalue weighted by Crippen LogP contribution is -2.22. The molecule has 0 aliphatic carbocycles. The Bertz CT molecular complexity index is 2040. The number of halogens is 1. The smallest absolute Gasteiger partial charge is 0.339 e. The number of aryl methyl sites for hydroxylation is 1. The summed E-state index contributed by atoms with van der Waals surface area (Å²) in [4.78, 5) is 35.3. The molecule has 256 valence electrons. The maximum absolute atomic E-state index is 14.8. The molecule has 1 unspecified atom stereocenters. The zero-order valence-corrected chi connectivity index (χ0v) is 27.7. The molecule has 0 fully saturated rings. The van der Waals surface area contributed by atoms with Crippen LogP contribution in [0.2, 0.25) is 0 Å². The molecule has 13 nitrogen and oxygen atoms in total. The summed E-state index contributed by atoms with van der Waals surface area (Å²) in [6.07, 6.45) is 1.12. The lowest BCUT2D eigenvalue weighted by Gasteiger charge is -2.23. The van der Waals surface area contributed by atoms with Gasteiger partial charge < -0.3 is 28.9 Å². The van der Waals surface area contributed by atoms with Gasteiger partial charge in [0.05, 0.1) is 30.7 Å². The summed E-state index contributed by atoms with van der Waals surface area (Å²) >= 11 is 0. The van der Waals surface area contributed by atoms with E-state index in [2.05, 4.69) is 15.0 Å². The van der Waals surface area contributed by atoms with Crippen LogP contribution in [0.4, 0.5) is 4.39 Å². The van der Waals surface area contributed by atoms with Crippen molar-refractivity contribution in [3.63, 3.8) is 0 Å². The molecule has 2 N–H and O–H groups in total. The van der Waals surface area contributed by atoms with E-state index in [1.54, 1.807) is 69.3 Å². The summed E-state index contributed by atoms with van der Waals surface area (Å²) < 4.78 is 52.1. The summed E-state index contributed by atoms with van der Waals surface area (Å²) in [6, 6.07) is 18.8. The Morgan fingerprint density at radius 1 is 1.06 bits per heavy atom. The van der Waals surface area contributed by atoms with E-state index in [1.807, 2.05) is 12.1 Å². The van der Waals surface area contributed by atoms with Crippen LogP contribution in [0.3, 0.4) is 0 Å². The molecule has 2 aromatic heterocycles. The average Bonchev–Trinajstić information content (AvgIpc) is 3.68. The normalized spacial score (nSPS) is 17.4. The van der Waals surface area contributed by atoms with Gasteiger partial charge in [0.15, 0.2) is 24.0 Å². The van der Waals surface area contributed by atoms with Crippen LogP contribution in [0.5, 0.6) is 11.5 Å². The number of phenols is 1. The van der Waals surface area contributed by atoms with Crippen LogP contribution in [0.25, 0.3) is 21.9 Å². The van der Waals surface area contributed by atoms with Crippen LogP contribution in [-0.4, -0.2) is 67.1 Å². The first kappa shape index (κ1) is 35.1. The molecule has 6 rings (SSSR count). The molecule has 0 amide bonds. The van der Waals surface area contributed by atoms with Gasteiger partial charge in [0, 0.05) is 11.5 Å². The van der Waals surface area contributed by atoms with Gasteiger partial charge in [0.2, 0.25) is 0 Å². The Hall–Kier alpha value is -5.17. The molecule has 0 spiro atoms. The third-order valence-electron chi connectivity index (χ3n) is 7.41. The number of carbonyl (C=O) groups is 2. The second-order valence-electron chi connectivity index (χ2n) is 11.0. The second kappa shape index (κ2) is 15.4. The number of aromatic nitrogens is 4. The fourth-order valence-electron chi connectivity index (χ4n) is 5.05. The number of carbonyl (C=O) groups excluding carboxylic acids is 1. The van der Waals surface area contributed by atoms with Gasteiger partial charge in [-0.25, -0.2) is 24.1 Å². The summed E-state index contributed by atoms with van der Waals surface area (Å²) in [6.45, 7) is 5.28. The third-order valence-corrected chi connectivity index (χ3v) is 9.60. The molecule has 15 heteroatoms. The van der Waals surface area contributed by atoms with Crippen LogP contribution >= 0.6 is 7.37 Å². The summed E-state index contributed by atoms with van der Waals surface area (Å²) in [5.41, 5.74) is 1.53. The van der Waals surface area contributed by atoms with Crippen molar-refractivity contribution in [3.8, 4) is 11.5 Å². The van der Waals surface area contributed by atoms with Crippen LogP contribution < -0.4 is 4.52 Å². The van der Waals surface area contributed by atoms with E-state index in [0.29, 0.717) is 28.0 Å². The van der Waals surface area contributed by atoms with E-state index in [-0.39, 0.29) is 24.1 Å². The number of carboxylic acid groups (broad SMARTS) is 1. The molecule has 1 aliphatic rings. The van der Waals surface area contributed by atoms with E-state index in [9.17, 15) is 23.7 Å². The van der Waals surface area contributed by atoms with Crippen molar-refractivity contribution < 1.29 is 47.5 Å². The largest absolute Gasteiger partial charge is 0.506 e. The fourth-order valence-corrected chi connectivity index (χ4v) is 7.15. The molecule has 0 saturated carbocycles. The van der Waals surface area contributed by atoms with Gasteiger partial charge in [-0.3, -0.25) is 13.9 Å². The first-order valence-corrected chi connectivity index (χ1v) is 17.2. The van der Waals surface area contributed by atoms with Crippen molar-refractivity contribution in [3.05, 3.63) is 103 Å². The molecule has 0 saturated heterocycles. The van der Waals surface area contributed by atoms with Gasteiger partial charge in [-0.1, -0.05) is 55.5 Å². The first-order valence-electron chi connectivity index (χ1n) is 15.2. The Morgan fingerprint density at radius 2 is 1.80 bits per heavy atom. The van der Waals surface area contributed by atoms with E-state index < -0.39 is 49.9 Å². The maximum Gasteiger partial charge on any atom is 0.339 e. The molecule has 1 aliphatic heterocycles. The third kappa shape index (κ3) is 8.29. The minimum atomic E-state index is -3.57. The number of hydrogen-bond acceptors (Lipinski definition) is 11. The number of rotatable bonds is 11. The van der Waals surface area contributed by atoms with Gasteiger partial charge in [0.1, 0.15) is 35.3 Å². The highest BCUT2D eigenvalue weighted by Gasteiger charge is 2.36. The van der Waals surface area contributed by atoms with Gasteiger partial charge in [0.25, 0.3) is 7.37 Å². The van der Waals surface area contributed by atoms with Crippen molar-refractivity contribution in [2.45, 2.75) is 33.3 Å². The number of hydrogen-bond donors (Lipinski definition) is 2. The van der Waals surface area contributed by atoms with Gasteiger partial charge in [-0.05, 0) is 37.4 Å². The lowest BCUT2D eigenvalue weighted by molar-refractivity contribution is -0.146. The number of nitrogens with zero attached hydrogens (tertiary/aromatic N) is 4. The molecule has 0 bridgehead atoms. The Morgan fingerprint density at radius 3 is 2.53 bits per heavy atom. The molecule has 49 heavy (non-hydrogen) atoms. The number of fused-ring (bicyclic) bond motifs is 2. The topological polar surface area (TPSA) is 172 Å². The van der Waals surface area contributed by atoms with E-state index in [4.69, 9.17) is 23.8 Å². The van der Waals surface area contributed by atoms with Gasteiger partial charge in [-0.2, -0.15) is 0 Å². The summed E-state index contributed by atoms with van der Waals surface area (Å²) in [5, 5.41) is 19.8. The lowest BCUT2D eigenvalue weighted by atomic mass is 10.1.